The molecule has 5 nitrogen and oxygen atoms in total. The van der Waals surface area contributed by atoms with Crippen LogP contribution in [0.2, 0.25) is 0 Å². The van der Waals surface area contributed by atoms with Gasteiger partial charge in [-0.2, -0.15) is 0 Å². The van der Waals surface area contributed by atoms with E-state index in [-0.39, 0.29) is 11.8 Å². The minimum absolute atomic E-state index is 0.00737. The van der Waals surface area contributed by atoms with Crippen molar-refractivity contribution in [3.05, 3.63) is 90.3 Å². The summed E-state index contributed by atoms with van der Waals surface area (Å²) in [5.41, 5.74) is 3.64. The zero-order chi connectivity index (χ0) is 21.7. The fourth-order valence-corrected chi connectivity index (χ4v) is 4.49. The maximum atomic E-state index is 13.1. The molecule has 4 rings (SSSR count). The number of nitrogens with zero attached hydrogens (tertiary/aromatic N) is 2. The van der Waals surface area contributed by atoms with Gasteiger partial charge in [-0.25, -0.2) is 0 Å². The molecule has 158 valence electrons. The monoisotopic (exact) mass is 413 g/mol. The van der Waals surface area contributed by atoms with Gasteiger partial charge in [0.1, 0.15) is 0 Å². The third-order valence-corrected chi connectivity index (χ3v) is 6.12. The summed E-state index contributed by atoms with van der Waals surface area (Å²) in [4.78, 5) is 31.9. The van der Waals surface area contributed by atoms with Gasteiger partial charge in [0.15, 0.2) is 0 Å². The third kappa shape index (κ3) is 4.50. The summed E-state index contributed by atoms with van der Waals surface area (Å²) in [7, 11) is 1.67. The second-order valence-electron chi connectivity index (χ2n) is 8.16. The third-order valence-electron chi connectivity index (χ3n) is 6.12. The molecular formula is C26H27N3O2. The number of carbonyl (C=O) groups excluding carboxylic acids is 2. The van der Waals surface area contributed by atoms with Gasteiger partial charge in [0, 0.05) is 32.5 Å². The number of amides is 2. The summed E-state index contributed by atoms with van der Waals surface area (Å²) in [6.45, 7) is 1.01. The Morgan fingerprint density at radius 1 is 1.03 bits per heavy atom. The molecule has 2 amide bonds. The summed E-state index contributed by atoms with van der Waals surface area (Å²) in [6, 6.07) is 22.2. The van der Waals surface area contributed by atoms with Crippen LogP contribution in [0, 0.1) is 5.41 Å². The van der Waals surface area contributed by atoms with Crippen molar-refractivity contribution in [1.82, 2.24) is 15.2 Å². The van der Waals surface area contributed by atoms with E-state index in [2.05, 4.69) is 34.6 Å². The maximum absolute atomic E-state index is 13.1. The van der Waals surface area contributed by atoms with Crippen LogP contribution in [0.3, 0.4) is 0 Å². The topological polar surface area (TPSA) is 62.3 Å². The molecule has 1 fully saturated rings. The lowest BCUT2D eigenvalue weighted by atomic mass is 9.78. The Hall–Kier alpha value is -3.47. The van der Waals surface area contributed by atoms with Crippen molar-refractivity contribution in [2.45, 2.75) is 19.3 Å². The van der Waals surface area contributed by atoms with Gasteiger partial charge >= 0.3 is 0 Å². The van der Waals surface area contributed by atoms with Crippen molar-refractivity contribution in [2.24, 2.45) is 5.41 Å². The number of benzene rings is 2. The molecule has 3 aromatic rings. The highest BCUT2D eigenvalue weighted by molar-refractivity contribution is 5.86. The molecule has 0 unspecified atom stereocenters. The van der Waals surface area contributed by atoms with Crippen LogP contribution in [-0.2, 0) is 22.4 Å². The largest absolute Gasteiger partial charge is 0.359 e. The first-order valence-corrected chi connectivity index (χ1v) is 10.6. The Labute approximate surface area is 183 Å². The Morgan fingerprint density at radius 3 is 2.55 bits per heavy atom. The van der Waals surface area contributed by atoms with Gasteiger partial charge in [0.25, 0.3) is 0 Å². The highest BCUT2D eigenvalue weighted by atomic mass is 16.2. The lowest BCUT2D eigenvalue weighted by molar-refractivity contribution is -0.132. The van der Waals surface area contributed by atoms with E-state index in [4.69, 9.17) is 0 Å². The van der Waals surface area contributed by atoms with Crippen LogP contribution in [0.4, 0.5) is 0 Å². The molecule has 0 aliphatic carbocycles. The summed E-state index contributed by atoms with van der Waals surface area (Å²) in [6.07, 6.45) is 4.96. The summed E-state index contributed by atoms with van der Waals surface area (Å²) in [5, 5.41) is 2.85. The van der Waals surface area contributed by atoms with Gasteiger partial charge in [-0.15, -0.1) is 0 Å². The Balaban J connectivity index is 1.58. The molecule has 1 aromatic heterocycles. The van der Waals surface area contributed by atoms with Crippen molar-refractivity contribution in [3.8, 4) is 11.1 Å². The van der Waals surface area contributed by atoms with Crippen molar-refractivity contribution >= 4 is 11.8 Å². The van der Waals surface area contributed by atoms with E-state index in [1.165, 1.54) is 0 Å². The van der Waals surface area contributed by atoms with E-state index >= 15 is 0 Å². The molecule has 31 heavy (non-hydrogen) atoms. The molecule has 1 aliphatic heterocycles. The van der Waals surface area contributed by atoms with Crippen molar-refractivity contribution < 1.29 is 9.59 Å². The maximum Gasteiger partial charge on any atom is 0.228 e. The molecule has 1 N–H and O–H groups in total. The molecule has 2 heterocycles. The Morgan fingerprint density at radius 2 is 1.81 bits per heavy atom. The first kappa shape index (κ1) is 20.8. The van der Waals surface area contributed by atoms with Crippen LogP contribution in [0.5, 0.6) is 0 Å². The Bertz CT molecular complexity index is 1050. The fourth-order valence-electron chi connectivity index (χ4n) is 4.49. The van der Waals surface area contributed by atoms with Crippen LogP contribution >= 0.6 is 0 Å². The quantitative estimate of drug-likeness (QED) is 0.673. The number of likely N-dealkylation sites (tertiary alicyclic amines) is 1. The number of pyridine rings is 1. The zero-order valence-electron chi connectivity index (χ0n) is 17.8. The number of hydrogen-bond acceptors (Lipinski definition) is 3. The predicted molar refractivity (Wildman–Crippen MR) is 121 cm³/mol. The van der Waals surface area contributed by atoms with Crippen LogP contribution in [0.1, 0.15) is 17.5 Å². The van der Waals surface area contributed by atoms with Crippen molar-refractivity contribution in [2.75, 3.05) is 20.1 Å². The van der Waals surface area contributed by atoms with Crippen molar-refractivity contribution in [3.63, 3.8) is 0 Å². The van der Waals surface area contributed by atoms with Gasteiger partial charge in [0.05, 0.1) is 11.8 Å². The summed E-state index contributed by atoms with van der Waals surface area (Å²) in [5.74, 6) is 0.0298. The van der Waals surface area contributed by atoms with E-state index in [1.807, 2.05) is 47.4 Å². The van der Waals surface area contributed by atoms with Crippen LogP contribution in [0.25, 0.3) is 11.1 Å². The lowest BCUT2D eigenvalue weighted by Gasteiger charge is -2.28. The van der Waals surface area contributed by atoms with Gasteiger partial charge < -0.3 is 10.2 Å². The summed E-state index contributed by atoms with van der Waals surface area (Å²) >= 11 is 0. The van der Waals surface area contributed by atoms with E-state index in [0.717, 1.165) is 22.3 Å². The molecule has 0 radical (unpaired) electrons. The predicted octanol–water partition coefficient (Wildman–Crippen LogP) is 3.50. The zero-order valence-corrected chi connectivity index (χ0v) is 17.8. The highest BCUT2D eigenvalue weighted by Gasteiger charge is 2.45. The molecule has 1 saturated heterocycles. The van der Waals surface area contributed by atoms with Crippen LogP contribution in [-0.4, -0.2) is 41.8 Å². The average Bonchev–Trinajstić information content (AvgIpc) is 3.25. The minimum atomic E-state index is -0.635. The number of nitrogens with one attached hydrogen (secondary N) is 1. The fraction of sp³-hybridized carbons (Fsp3) is 0.269. The van der Waals surface area contributed by atoms with Gasteiger partial charge in [0.2, 0.25) is 11.8 Å². The average molecular weight is 414 g/mol. The highest BCUT2D eigenvalue weighted by Crippen LogP contribution is 2.37. The molecule has 0 saturated carbocycles. The van der Waals surface area contributed by atoms with Crippen molar-refractivity contribution in [1.29, 1.82) is 0 Å². The number of carbonyl (C=O) groups is 2. The molecular weight excluding hydrogens is 386 g/mol. The second kappa shape index (κ2) is 9.13. The van der Waals surface area contributed by atoms with E-state index in [0.29, 0.717) is 32.4 Å². The van der Waals surface area contributed by atoms with E-state index < -0.39 is 5.41 Å². The normalized spacial score (nSPS) is 18.0. The number of rotatable bonds is 6. The van der Waals surface area contributed by atoms with Crippen LogP contribution in [0.15, 0.2) is 79.1 Å². The standard InChI is InChI=1S/C26H27N3O2/c1-27-25(31)26(13-15-29(19-26)24(30)16-20-8-7-14-28-18-20)17-22-11-5-6-12-23(22)21-9-3-2-4-10-21/h2-12,14,18H,13,15-17,19H2,1H3,(H,27,31)/t26-/m0/s1. The molecule has 0 bridgehead atoms. The van der Waals surface area contributed by atoms with E-state index in [1.54, 1.807) is 19.4 Å². The molecule has 5 heteroatoms. The smallest absolute Gasteiger partial charge is 0.228 e. The molecule has 1 atom stereocenters. The van der Waals surface area contributed by atoms with E-state index in [9.17, 15) is 9.59 Å². The molecule has 1 aliphatic rings. The first-order chi connectivity index (χ1) is 15.1. The lowest BCUT2D eigenvalue weighted by Crippen LogP contribution is -2.44. The number of aromatic nitrogens is 1. The second-order valence-corrected chi connectivity index (χ2v) is 8.16. The van der Waals surface area contributed by atoms with Crippen LogP contribution < -0.4 is 5.32 Å². The Kier molecular flexibility index (Phi) is 6.12. The number of hydrogen-bond donors (Lipinski definition) is 1. The molecule has 2 aromatic carbocycles. The SMILES string of the molecule is CNC(=O)[C@]1(Cc2ccccc2-c2ccccc2)CCN(C(=O)Cc2cccnc2)C1. The van der Waals surface area contributed by atoms with Gasteiger partial charge in [-0.05, 0) is 41.2 Å². The summed E-state index contributed by atoms with van der Waals surface area (Å²) < 4.78 is 0. The van der Waals surface area contributed by atoms with Gasteiger partial charge in [-0.1, -0.05) is 60.7 Å². The van der Waals surface area contributed by atoms with Gasteiger partial charge in [-0.3, -0.25) is 14.6 Å². The first-order valence-electron chi connectivity index (χ1n) is 10.6. The minimum Gasteiger partial charge on any atom is -0.359 e. The molecule has 0 spiro atoms.